The molecule has 0 aliphatic carbocycles. The summed E-state index contributed by atoms with van der Waals surface area (Å²) in [6.07, 6.45) is 8.66. The Morgan fingerprint density at radius 2 is 1.67 bits per heavy atom. The molecule has 0 bridgehead atoms. The van der Waals surface area contributed by atoms with Crippen LogP contribution in [0.3, 0.4) is 0 Å². The van der Waals surface area contributed by atoms with Gasteiger partial charge in [-0.05, 0) is 6.42 Å². The summed E-state index contributed by atoms with van der Waals surface area (Å²) in [6.45, 7) is 2.23. The van der Waals surface area contributed by atoms with Gasteiger partial charge in [0.15, 0.2) is 0 Å². The van der Waals surface area contributed by atoms with E-state index in [1.54, 1.807) is 0 Å². The molecule has 74 valence electrons. The predicted octanol–water partition coefficient (Wildman–Crippen LogP) is 3.49. The van der Waals surface area contributed by atoms with Crippen molar-refractivity contribution < 1.29 is 5.11 Å². The van der Waals surface area contributed by atoms with E-state index in [-0.39, 0.29) is 6.10 Å². The zero-order valence-electron chi connectivity index (χ0n) is 8.06. The van der Waals surface area contributed by atoms with E-state index in [9.17, 15) is 5.11 Å². The van der Waals surface area contributed by atoms with Crippen LogP contribution in [0.15, 0.2) is 0 Å². The zero-order valence-corrected chi connectivity index (χ0v) is 9.65. The van der Waals surface area contributed by atoms with Gasteiger partial charge in [-0.3, -0.25) is 0 Å². The van der Waals surface area contributed by atoms with E-state index < -0.39 is 0 Å². The van der Waals surface area contributed by atoms with Crippen LogP contribution in [0.2, 0.25) is 0 Å². The molecule has 1 nitrogen and oxygen atoms in total. The van der Waals surface area contributed by atoms with Gasteiger partial charge in [-0.1, -0.05) is 61.4 Å². The predicted molar refractivity (Wildman–Crippen MR) is 57.8 cm³/mol. The highest BCUT2D eigenvalue weighted by molar-refractivity contribution is 9.09. The summed E-state index contributed by atoms with van der Waals surface area (Å²) in [7, 11) is 0. The van der Waals surface area contributed by atoms with Crippen molar-refractivity contribution in [2.45, 2.75) is 58.0 Å². The lowest BCUT2D eigenvalue weighted by Gasteiger charge is -2.05. The average molecular weight is 237 g/mol. The summed E-state index contributed by atoms with van der Waals surface area (Å²) < 4.78 is 0. The summed E-state index contributed by atoms with van der Waals surface area (Å²) in [5.41, 5.74) is 0. The first-order chi connectivity index (χ1) is 5.81. The first-order valence-electron chi connectivity index (χ1n) is 5.05. The molecule has 0 rings (SSSR count). The van der Waals surface area contributed by atoms with Crippen LogP contribution in [0, 0.1) is 0 Å². The highest BCUT2D eigenvalue weighted by Gasteiger charge is 1.99. The number of aliphatic hydroxyl groups excluding tert-OH is 1. The second-order valence-electron chi connectivity index (χ2n) is 3.36. The topological polar surface area (TPSA) is 20.2 Å². The van der Waals surface area contributed by atoms with Gasteiger partial charge in [0.2, 0.25) is 0 Å². The zero-order chi connectivity index (χ0) is 9.23. The highest BCUT2D eigenvalue weighted by atomic mass is 79.9. The molecule has 12 heavy (non-hydrogen) atoms. The lowest BCUT2D eigenvalue weighted by Crippen LogP contribution is -2.06. The molecule has 0 aliphatic heterocycles. The lowest BCUT2D eigenvalue weighted by atomic mass is 10.1. The molecule has 0 spiro atoms. The number of hydrogen-bond acceptors (Lipinski definition) is 1. The van der Waals surface area contributed by atoms with Gasteiger partial charge in [0.05, 0.1) is 6.10 Å². The Bertz CT molecular complexity index is 85.9. The molecule has 1 unspecified atom stereocenters. The van der Waals surface area contributed by atoms with Crippen LogP contribution in [0.25, 0.3) is 0 Å². The normalized spacial score (nSPS) is 13.2. The van der Waals surface area contributed by atoms with Crippen LogP contribution in [-0.2, 0) is 0 Å². The number of rotatable bonds is 8. The third kappa shape index (κ3) is 8.54. The standard InChI is InChI=1S/C10H21BrO/c1-2-3-4-5-6-7-8-10(12)9-11/h10,12H,2-9H2,1H3. The maximum atomic E-state index is 9.21. The van der Waals surface area contributed by atoms with E-state index >= 15 is 0 Å². The minimum absolute atomic E-state index is 0.129. The van der Waals surface area contributed by atoms with Gasteiger partial charge in [0.1, 0.15) is 0 Å². The molecule has 0 amide bonds. The number of aliphatic hydroxyl groups is 1. The molecule has 2 heteroatoms. The fraction of sp³-hybridized carbons (Fsp3) is 1.00. The molecule has 0 aromatic rings. The molecule has 0 aromatic carbocycles. The minimum Gasteiger partial charge on any atom is -0.392 e. The summed E-state index contributed by atoms with van der Waals surface area (Å²) in [5.74, 6) is 0. The van der Waals surface area contributed by atoms with Gasteiger partial charge in [-0.25, -0.2) is 0 Å². The minimum atomic E-state index is -0.129. The van der Waals surface area contributed by atoms with Crippen LogP contribution in [0.4, 0.5) is 0 Å². The molecule has 1 N–H and O–H groups in total. The summed E-state index contributed by atoms with van der Waals surface area (Å²) in [5, 5.41) is 9.94. The number of hydrogen-bond donors (Lipinski definition) is 1. The molecule has 0 aromatic heterocycles. The van der Waals surface area contributed by atoms with Crippen LogP contribution in [0.1, 0.15) is 51.9 Å². The lowest BCUT2D eigenvalue weighted by molar-refractivity contribution is 0.186. The SMILES string of the molecule is CCCCCCCCC(O)CBr. The van der Waals surface area contributed by atoms with Gasteiger partial charge >= 0.3 is 0 Å². The summed E-state index contributed by atoms with van der Waals surface area (Å²) in [6, 6.07) is 0. The Morgan fingerprint density at radius 1 is 1.08 bits per heavy atom. The Balaban J connectivity index is 2.90. The van der Waals surface area contributed by atoms with Crippen molar-refractivity contribution in [1.29, 1.82) is 0 Å². The van der Waals surface area contributed by atoms with Crippen molar-refractivity contribution in [2.75, 3.05) is 5.33 Å². The van der Waals surface area contributed by atoms with Crippen molar-refractivity contribution in [3.63, 3.8) is 0 Å². The van der Waals surface area contributed by atoms with Gasteiger partial charge in [0.25, 0.3) is 0 Å². The number of alkyl halides is 1. The highest BCUT2D eigenvalue weighted by Crippen LogP contribution is 2.09. The number of unbranched alkanes of at least 4 members (excludes halogenated alkanes) is 5. The molecular weight excluding hydrogens is 216 g/mol. The first kappa shape index (κ1) is 12.4. The van der Waals surface area contributed by atoms with Gasteiger partial charge < -0.3 is 5.11 Å². The van der Waals surface area contributed by atoms with Gasteiger partial charge in [0, 0.05) is 5.33 Å². The van der Waals surface area contributed by atoms with Gasteiger partial charge in [-0.2, -0.15) is 0 Å². The van der Waals surface area contributed by atoms with Crippen molar-refractivity contribution in [3.8, 4) is 0 Å². The third-order valence-electron chi connectivity index (χ3n) is 2.07. The van der Waals surface area contributed by atoms with Crippen LogP contribution in [-0.4, -0.2) is 16.5 Å². The van der Waals surface area contributed by atoms with E-state index in [0.717, 1.165) is 11.8 Å². The molecule has 0 radical (unpaired) electrons. The van der Waals surface area contributed by atoms with E-state index in [0.29, 0.717) is 0 Å². The van der Waals surface area contributed by atoms with Crippen LogP contribution < -0.4 is 0 Å². The van der Waals surface area contributed by atoms with Crippen molar-refractivity contribution in [3.05, 3.63) is 0 Å². The second-order valence-corrected chi connectivity index (χ2v) is 4.01. The van der Waals surface area contributed by atoms with E-state index in [1.165, 1.54) is 38.5 Å². The van der Waals surface area contributed by atoms with E-state index in [2.05, 4.69) is 22.9 Å². The molecule has 0 aliphatic rings. The Hall–Kier alpha value is 0.440. The Morgan fingerprint density at radius 3 is 2.25 bits per heavy atom. The fourth-order valence-corrected chi connectivity index (χ4v) is 1.56. The summed E-state index contributed by atoms with van der Waals surface area (Å²) >= 11 is 3.26. The third-order valence-corrected chi connectivity index (χ3v) is 2.82. The molecule has 0 fully saturated rings. The largest absolute Gasteiger partial charge is 0.392 e. The quantitative estimate of drug-likeness (QED) is 0.506. The fourth-order valence-electron chi connectivity index (χ4n) is 1.24. The summed E-state index contributed by atoms with van der Waals surface area (Å²) in [4.78, 5) is 0. The van der Waals surface area contributed by atoms with Crippen molar-refractivity contribution >= 4 is 15.9 Å². The van der Waals surface area contributed by atoms with E-state index in [1.807, 2.05) is 0 Å². The van der Waals surface area contributed by atoms with Crippen molar-refractivity contribution in [2.24, 2.45) is 0 Å². The van der Waals surface area contributed by atoms with E-state index in [4.69, 9.17) is 0 Å². The molecule has 0 heterocycles. The van der Waals surface area contributed by atoms with Crippen LogP contribution >= 0.6 is 15.9 Å². The number of halogens is 1. The maximum absolute atomic E-state index is 9.21. The molecular formula is C10H21BrO. The smallest absolute Gasteiger partial charge is 0.0637 e. The average Bonchev–Trinajstić information content (AvgIpc) is 2.10. The Kier molecular flexibility index (Phi) is 9.88. The molecule has 0 saturated carbocycles. The van der Waals surface area contributed by atoms with Crippen LogP contribution in [0.5, 0.6) is 0 Å². The molecule has 0 saturated heterocycles. The first-order valence-corrected chi connectivity index (χ1v) is 6.17. The van der Waals surface area contributed by atoms with Crippen molar-refractivity contribution in [1.82, 2.24) is 0 Å². The van der Waals surface area contributed by atoms with Gasteiger partial charge in [-0.15, -0.1) is 0 Å². The monoisotopic (exact) mass is 236 g/mol. The maximum Gasteiger partial charge on any atom is 0.0637 e. The second kappa shape index (κ2) is 9.53. The Labute approximate surface area is 84.7 Å². The molecule has 1 atom stereocenters.